The Morgan fingerprint density at radius 2 is 1.89 bits per heavy atom. The fourth-order valence-electron chi connectivity index (χ4n) is 3.18. The number of carbonyl (C=O) groups is 1. The quantitative estimate of drug-likeness (QED) is 0.780. The Morgan fingerprint density at radius 1 is 1.19 bits per heavy atom. The molecule has 0 bridgehead atoms. The summed E-state index contributed by atoms with van der Waals surface area (Å²) in [6, 6.07) is 2.23. The summed E-state index contributed by atoms with van der Waals surface area (Å²) in [6.07, 6.45) is 2.70. The van der Waals surface area contributed by atoms with Crippen molar-refractivity contribution in [3.8, 4) is 0 Å². The second kappa shape index (κ2) is 8.00. The summed E-state index contributed by atoms with van der Waals surface area (Å²) in [4.78, 5) is 28.4. The van der Waals surface area contributed by atoms with Crippen LogP contribution in [0.25, 0.3) is 10.2 Å². The Kier molecular flexibility index (Phi) is 5.89. The topological polar surface area (TPSA) is 58.6 Å². The van der Waals surface area contributed by atoms with Crippen molar-refractivity contribution < 1.29 is 9.53 Å². The molecule has 0 atom stereocenters. The first kappa shape index (κ1) is 19.9. The molecule has 1 fully saturated rings. The highest BCUT2D eigenvalue weighted by Gasteiger charge is 2.27. The summed E-state index contributed by atoms with van der Waals surface area (Å²) in [5.41, 5.74) is -0.463. The number of piperazine rings is 1. The van der Waals surface area contributed by atoms with E-state index >= 15 is 0 Å². The Balaban J connectivity index is 1.79. The number of fused-ring (bicyclic) bond motifs is 1. The molecule has 0 aliphatic carbocycles. The van der Waals surface area contributed by atoms with Crippen molar-refractivity contribution in [3.05, 3.63) is 16.8 Å². The average molecular weight is 391 g/mol. The maximum Gasteiger partial charge on any atom is 0.410 e. The molecule has 0 aromatic carbocycles. The molecule has 148 valence electrons. The van der Waals surface area contributed by atoms with Gasteiger partial charge < -0.3 is 14.5 Å². The summed E-state index contributed by atoms with van der Waals surface area (Å²) in [6.45, 7) is 12.8. The lowest BCUT2D eigenvalue weighted by atomic mass is 10.2. The molecule has 7 heteroatoms. The van der Waals surface area contributed by atoms with E-state index in [9.17, 15) is 4.79 Å². The van der Waals surface area contributed by atoms with Crippen LogP contribution in [0.4, 0.5) is 10.6 Å². The first-order valence-electron chi connectivity index (χ1n) is 9.83. The van der Waals surface area contributed by atoms with Crippen molar-refractivity contribution in [1.82, 2.24) is 14.9 Å². The molecule has 2 aromatic heterocycles. The number of aromatic nitrogens is 2. The molecule has 0 spiro atoms. The zero-order valence-electron chi connectivity index (χ0n) is 17.0. The molecule has 3 rings (SSSR count). The second-order valence-electron chi connectivity index (χ2n) is 7.95. The first-order chi connectivity index (χ1) is 12.8. The molecule has 1 saturated heterocycles. The van der Waals surface area contributed by atoms with Crippen LogP contribution in [-0.2, 0) is 17.6 Å². The van der Waals surface area contributed by atoms with Crippen LogP contribution < -0.4 is 4.90 Å². The highest BCUT2D eigenvalue weighted by Crippen LogP contribution is 2.32. The van der Waals surface area contributed by atoms with Crippen LogP contribution in [0.3, 0.4) is 0 Å². The highest BCUT2D eigenvalue weighted by atomic mass is 32.1. The van der Waals surface area contributed by atoms with Crippen LogP contribution in [0.2, 0.25) is 0 Å². The van der Waals surface area contributed by atoms with E-state index in [0.29, 0.717) is 13.1 Å². The lowest BCUT2D eigenvalue weighted by Crippen LogP contribution is -2.50. The van der Waals surface area contributed by atoms with E-state index in [0.717, 1.165) is 54.2 Å². The third kappa shape index (κ3) is 4.69. The summed E-state index contributed by atoms with van der Waals surface area (Å²) >= 11 is 1.76. The van der Waals surface area contributed by atoms with E-state index in [1.54, 1.807) is 16.2 Å². The molecule has 0 unspecified atom stereocenters. The average Bonchev–Trinajstić information content (AvgIpc) is 3.03. The number of hydrogen-bond acceptors (Lipinski definition) is 6. The van der Waals surface area contributed by atoms with Gasteiger partial charge in [0.05, 0.1) is 5.39 Å². The number of nitrogens with zero attached hydrogens (tertiary/aromatic N) is 4. The number of thiophene rings is 1. The monoisotopic (exact) mass is 390 g/mol. The van der Waals surface area contributed by atoms with E-state index in [1.165, 1.54) is 4.88 Å². The second-order valence-corrected chi connectivity index (χ2v) is 9.07. The molecule has 6 nitrogen and oxygen atoms in total. The van der Waals surface area contributed by atoms with E-state index in [1.807, 2.05) is 20.8 Å². The Morgan fingerprint density at radius 3 is 2.48 bits per heavy atom. The minimum absolute atomic E-state index is 0.231. The molecule has 0 saturated carbocycles. The summed E-state index contributed by atoms with van der Waals surface area (Å²) < 4.78 is 5.50. The van der Waals surface area contributed by atoms with Gasteiger partial charge in [-0.15, -0.1) is 11.3 Å². The SMILES string of the molecule is CCCc1nc(N2CCN(C(=O)OC(C)(C)C)CC2)c2cc(CC)sc2n1. The number of aryl methyl sites for hydroxylation is 2. The molecule has 1 aliphatic heterocycles. The van der Waals surface area contributed by atoms with Crippen LogP contribution >= 0.6 is 11.3 Å². The lowest BCUT2D eigenvalue weighted by Gasteiger charge is -2.36. The van der Waals surface area contributed by atoms with E-state index in [4.69, 9.17) is 14.7 Å². The molecule has 0 N–H and O–H groups in total. The van der Waals surface area contributed by atoms with Crippen molar-refractivity contribution in [2.24, 2.45) is 0 Å². The molecular formula is C20H30N4O2S. The van der Waals surface area contributed by atoms with Gasteiger partial charge in [-0.05, 0) is 39.7 Å². The maximum atomic E-state index is 12.3. The molecule has 3 heterocycles. The van der Waals surface area contributed by atoms with Crippen molar-refractivity contribution in [1.29, 1.82) is 0 Å². The Hall–Kier alpha value is -1.89. The van der Waals surface area contributed by atoms with Gasteiger partial charge in [0.1, 0.15) is 22.1 Å². The fraction of sp³-hybridized carbons (Fsp3) is 0.650. The molecule has 0 radical (unpaired) electrons. The molecule has 1 aliphatic rings. The first-order valence-corrected chi connectivity index (χ1v) is 10.6. The zero-order valence-corrected chi connectivity index (χ0v) is 17.9. The van der Waals surface area contributed by atoms with Crippen LogP contribution in [0, 0.1) is 0 Å². The van der Waals surface area contributed by atoms with Gasteiger partial charge in [0.2, 0.25) is 0 Å². The van der Waals surface area contributed by atoms with Crippen LogP contribution in [-0.4, -0.2) is 52.7 Å². The third-order valence-corrected chi connectivity index (χ3v) is 5.70. The standard InChI is InChI=1S/C20H30N4O2S/c1-6-8-16-21-17(15-13-14(7-2)27-18(15)22-16)23-9-11-24(12-10-23)19(25)26-20(3,4)5/h13H,6-12H2,1-5H3. The van der Waals surface area contributed by atoms with Crippen LogP contribution in [0.1, 0.15) is 51.7 Å². The van der Waals surface area contributed by atoms with E-state index < -0.39 is 5.60 Å². The molecule has 1 amide bonds. The fourth-order valence-corrected chi connectivity index (χ4v) is 4.16. The van der Waals surface area contributed by atoms with Gasteiger partial charge in [-0.1, -0.05) is 13.8 Å². The van der Waals surface area contributed by atoms with Crippen LogP contribution in [0.5, 0.6) is 0 Å². The summed E-state index contributed by atoms with van der Waals surface area (Å²) in [5.74, 6) is 1.93. The van der Waals surface area contributed by atoms with Gasteiger partial charge in [-0.3, -0.25) is 0 Å². The minimum Gasteiger partial charge on any atom is -0.444 e. The largest absolute Gasteiger partial charge is 0.444 e. The predicted octanol–water partition coefficient (Wildman–Crippen LogP) is 4.26. The number of ether oxygens (including phenoxy) is 1. The van der Waals surface area contributed by atoms with Crippen molar-refractivity contribution in [3.63, 3.8) is 0 Å². The number of amides is 1. The van der Waals surface area contributed by atoms with E-state index in [2.05, 4.69) is 24.8 Å². The van der Waals surface area contributed by atoms with Crippen molar-refractivity contribution in [2.75, 3.05) is 31.1 Å². The number of anilines is 1. The van der Waals surface area contributed by atoms with Crippen LogP contribution in [0.15, 0.2) is 6.07 Å². The zero-order chi connectivity index (χ0) is 19.6. The smallest absolute Gasteiger partial charge is 0.410 e. The summed E-state index contributed by atoms with van der Waals surface area (Å²) in [7, 11) is 0. The van der Waals surface area contributed by atoms with E-state index in [-0.39, 0.29) is 6.09 Å². The number of hydrogen-bond donors (Lipinski definition) is 0. The molecule has 2 aromatic rings. The predicted molar refractivity (Wildman–Crippen MR) is 111 cm³/mol. The van der Waals surface area contributed by atoms with Gasteiger partial charge in [0.25, 0.3) is 0 Å². The van der Waals surface area contributed by atoms with Gasteiger partial charge in [0, 0.05) is 37.5 Å². The van der Waals surface area contributed by atoms with Gasteiger partial charge in [-0.25, -0.2) is 14.8 Å². The maximum absolute atomic E-state index is 12.3. The molecule has 27 heavy (non-hydrogen) atoms. The van der Waals surface area contributed by atoms with Gasteiger partial charge in [-0.2, -0.15) is 0 Å². The minimum atomic E-state index is -0.463. The van der Waals surface area contributed by atoms with Crippen molar-refractivity contribution in [2.45, 2.75) is 59.5 Å². The number of carbonyl (C=O) groups excluding carboxylic acids is 1. The third-order valence-electron chi connectivity index (χ3n) is 4.52. The normalized spacial score (nSPS) is 15.4. The van der Waals surface area contributed by atoms with Gasteiger partial charge >= 0.3 is 6.09 Å². The lowest BCUT2D eigenvalue weighted by molar-refractivity contribution is 0.0240. The highest BCUT2D eigenvalue weighted by molar-refractivity contribution is 7.18. The van der Waals surface area contributed by atoms with Crippen molar-refractivity contribution >= 4 is 33.5 Å². The Labute approximate surface area is 165 Å². The molecular weight excluding hydrogens is 360 g/mol. The Bertz CT molecular complexity index is 804. The van der Waals surface area contributed by atoms with Gasteiger partial charge in [0.15, 0.2) is 0 Å². The summed E-state index contributed by atoms with van der Waals surface area (Å²) in [5, 5.41) is 1.14. The number of rotatable bonds is 4.